The summed E-state index contributed by atoms with van der Waals surface area (Å²) in [6.45, 7) is 13.8. The van der Waals surface area contributed by atoms with Crippen molar-refractivity contribution in [1.29, 1.82) is 0 Å². The number of hydrogen-bond donors (Lipinski definition) is 0. The van der Waals surface area contributed by atoms with Crippen LogP contribution in [0.15, 0.2) is 69.2 Å². The van der Waals surface area contributed by atoms with Crippen LogP contribution in [0.1, 0.15) is 50.3 Å². The van der Waals surface area contributed by atoms with Gasteiger partial charge in [-0.15, -0.1) is 16.7 Å². The van der Waals surface area contributed by atoms with Crippen LogP contribution < -0.4 is 0 Å². The molecular formula is C26H29FN2O2S. The van der Waals surface area contributed by atoms with E-state index in [0.717, 1.165) is 33.0 Å². The van der Waals surface area contributed by atoms with Crippen molar-refractivity contribution in [3.63, 3.8) is 0 Å². The lowest BCUT2D eigenvalue weighted by Crippen LogP contribution is -2.00. The molecular weight excluding hydrogens is 423 g/mol. The minimum atomic E-state index is -0.722. The number of thioether (sulfide) groups is 1. The van der Waals surface area contributed by atoms with Crippen LogP contribution >= 0.6 is 11.8 Å². The average molecular weight is 453 g/mol. The highest BCUT2D eigenvalue weighted by atomic mass is 32.2. The van der Waals surface area contributed by atoms with Crippen molar-refractivity contribution in [3.05, 3.63) is 81.5 Å². The third kappa shape index (κ3) is 7.38. The van der Waals surface area contributed by atoms with E-state index < -0.39 is 5.91 Å². The van der Waals surface area contributed by atoms with Crippen molar-refractivity contribution >= 4 is 34.6 Å². The van der Waals surface area contributed by atoms with Crippen molar-refractivity contribution in [2.24, 2.45) is 10.2 Å². The first-order chi connectivity index (χ1) is 15.1. The SMILES string of the molecule is C=C(CC(CSc1ccc(N=C(C)CC(=O)N=O)c(C)c1)=C(C)C)c1ccc(C)c(F)c1. The van der Waals surface area contributed by atoms with E-state index in [1.165, 1.54) is 11.1 Å². The van der Waals surface area contributed by atoms with Gasteiger partial charge in [0.05, 0.1) is 12.1 Å². The second-order valence-electron chi connectivity index (χ2n) is 8.09. The zero-order valence-corrected chi connectivity index (χ0v) is 20.1. The molecule has 0 atom stereocenters. The third-order valence-corrected chi connectivity index (χ3v) is 6.20. The highest BCUT2D eigenvalue weighted by molar-refractivity contribution is 7.99. The number of benzene rings is 2. The maximum Gasteiger partial charge on any atom is 0.291 e. The molecule has 0 aliphatic rings. The highest BCUT2D eigenvalue weighted by Gasteiger charge is 2.10. The Balaban J connectivity index is 2.07. The standard InChI is InChI=1S/C26H29FN2O2S/c1-16(2)22(11-18(4)21-8-7-17(3)24(27)14-21)15-32-23-9-10-25(19(5)12-23)28-20(6)13-26(30)29-31/h7-10,12,14H,4,11,13,15H2,1-3,5-6H3. The van der Waals surface area contributed by atoms with E-state index in [1.54, 1.807) is 37.7 Å². The molecule has 0 aromatic heterocycles. The Labute approximate surface area is 193 Å². The van der Waals surface area contributed by atoms with E-state index in [-0.39, 0.29) is 12.2 Å². The van der Waals surface area contributed by atoms with Crippen LogP contribution in [0.3, 0.4) is 0 Å². The summed E-state index contributed by atoms with van der Waals surface area (Å²) in [4.78, 5) is 27.0. The minimum Gasteiger partial charge on any atom is -0.269 e. The molecule has 0 unspecified atom stereocenters. The van der Waals surface area contributed by atoms with E-state index in [1.807, 2.05) is 25.1 Å². The molecule has 0 radical (unpaired) electrons. The van der Waals surface area contributed by atoms with Crippen LogP contribution in [-0.4, -0.2) is 17.4 Å². The van der Waals surface area contributed by atoms with Crippen LogP contribution in [0.4, 0.5) is 10.1 Å². The Morgan fingerprint density at radius 3 is 2.34 bits per heavy atom. The number of allylic oxidation sites excluding steroid dienone is 2. The predicted molar refractivity (Wildman–Crippen MR) is 133 cm³/mol. The molecule has 0 aliphatic carbocycles. The summed E-state index contributed by atoms with van der Waals surface area (Å²) >= 11 is 1.72. The van der Waals surface area contributed by atoms with Crippen molar-refractivity contribution < 1.29 is 9.18 Å². The lowest BCUT2D eigenvalue weighted by molar-refractivity contribution is -0.116. The summed E-state index contributed by atoms with van der Waals surface area (Å²) in [6.07, 6.45) is 0.620. The van der Waals surface area contributed by atoms with Gasteiger partial charge in [0, 0.05) is 21.5 Å². The summed E-state index contributed by atoms with van der Waals surface area (Å²) in [5, 5.41) is 2.41. The number of carbonyl (C=O) groups is 1. The van der Waals surface area contributed by atoms with Crippen LogP contribution in [0.25, 0.3) is 5.57 Å². The minimum absolute atomic E-state index is 0.0713. The molecule has 0 spiro atoms. The van der Waals surface area contributed by atoms with E-state index in [4.69, 9.17) is 0 Å². The largest absolute Gasteiger partial charge is 0.291 e. The van der Waals surface area contributed by atoms with E-state index in [0.29, 0.717) is 17.7 Å². The van der Waals surface area contributed by atoms with Gasteiger partial charge in [-0.05, 0) is 87.6 Å². The zero-order chi connectivity index (χ0) is 23.8. The number of nitrogens with zero attached hydrogens (tertiary/aromatic N) is 2. The van der Waals surface area contributed by atoms with Gasteiger partial charge in [0.1, 0.15) is 5.82 Å². The second kappa shape index (κ2) is 11.7. The van der Waals surface area contributed by atoms with Gasteiger partial charge in [-0.1, -0.05) is 29.9 Å². The molecule has 2 aromatic carbocycles. The number of rotatable bonds is 9. The quantitative estimate of drug-likeness (QED) is 0.169. The van der Waals surface area contributed by atoms with Gasteiger partial charge in [-0.2, -0.15) is 0 Å². The second-order valence-corrected chi connectivity index (χ2v) is 9.14. The van der Waals surface area contributed by atoms with Gasteiger partial charge >= 0.3 is 0 Å². The Morgan fingerprint density at radius 2 is 1.75 bits per heavy atom. The predicted octanol–water partition coefficient (Wildman–Crippen LogP) is 7.75. The van der Waals surface area contributed by atoms with Gasteiger partial charge in [-0.3, -0.25) is 9.79 Å². The molecule has 6 heteroatoms. The molecule has 0 saturated carbocycles. The van der Waals surface area contributed by atoms with Crippen molar-refractivity contribution in [1.82, 2.24) is 0 Å². The smallest absolute Gasteiger partial charge is 0.269 e. The monoisotopic (exact) mass is 452 g/mol. The number of aryl methyl sites for hydroxylation is 2. The molecule has 1 amide bonds. The van der Waals surface area contributed by atoms with Gasteiger partial charge in [-0.25, -0.2) is 4.39 Å². The Bertz CT molecular complexity index is 1100. The van der Waals surface area contributed by atoms with Gasteiger partial charge < -0.3 is 0 Å². The number of hydrogen-bond acceptors (Lipinski definition) is 4. The summed E-state index contributed by atoms with van der Waals surface area (Å²) in [7, 11) is 0. The molecule has 0 saturated heterocycles. The Kier molecular flexibility index (Phi) is 9.27. The first-order valence-electron chi connectivity index (χ1n) is 10.3. The number of halogens is 1. The summed E-state index contributed by atoms with van der Waals surface area (Å²) in [6, 6.07) is 11.2. The fourth-order valence-electron chi connectivity index (χ4n) is 3.05. The summed E-state index contributed by atoms with van der Waals surface area (Å²) in [5.41, 5.74) is 7.15. The number of aliphatic imine (C=N–C) groups is 1. The molecule has 0 aliphatic heterocycles. The first-order valence-corrected chi connectivity index (χ1v) is 11.3. The lowest BCUT2D eigenvalue weighted by atomic mass is 9.97. The molecule has 0 heterocycles. The van der Waals surface area contributed by atoms with Crippen molar-refractivity contribution in [2.45, 2.75) is 52.4 Å². The topological polar surface area (TPSA) is 58.9 Å². The maximum absolute atomic E-state index is 13.9. The normalized spacial score (nSPS) is 11.2. The fourth-order valence-corrected chi connectivity index (χ4v) is 4.21. The third-order valence-electron chi connectivity index (χ3n) is 5.12. The highest BCUT2D eigenvalue weighted by Crippen LogP contribution is 2.31. The molecule has 32 heavy (non-hydrogen) atoms. The summed E-state index contributed by atoms with van der Waals surface area (Å²) in [5.74, 6) is -0.131. The number of amides is 1. The first kappa shape index (κ1) is 25.4. The van der Waals surface area contributed by atoms with Crippen LogP contribution in [0.2, 0.25) is 0 Å². The van der Waals surface area contributed by atoms with Crippen molar-refractivity contribution in [3.8, 4) is 0 Å². The Morgan fingerprint density at radius 1 is 1.03 bits per heavy atom. The molecule has 2 aromatic rings. The van der Waals surface area contributed by atoms with E-state index >= 15 is 0 Å². The van der Waals surface area contributed by atoms with Gasteiger partial charge in [0.15, 0.2) is 0 Å². The fraction of sp³-hybridized carbons (Fsp3) is 0.308. The number of nitroso groups, excluding NO2 is 1. The summed E-state index contributed by atoms with van der Waals surface area (Å²) < 4.78 is 13.9. The van der Waals surface area contributed by atoms with E-state index in [2.05, 4.69) is 36.7 Å². The molecule has 168 valence electrons. The lowest BCUT2D eigenvalue weighted by Gasteiger charge is -2.14. The van der Waals surface area contributed by atoms with Gasteiger partial charge in [0.25, 0.3) is 5.91 Å². The molecule has 4 nitrogen and oxygen atoms in total. The van der Waals surface area contributed by atoms with Crippen LogP contribution in [0, 0.1) is 24.6 Å². The average Bonchev–Trinajstić information content (AvgIpc) is 2.74. The Hall–Kier alpha value is -2.86. The maximum atomic E-state index is 13.9. The molecule has 2 rings (SSSR count). The zero-order valence-electron chi connectivity index (χ0n) is 19.3. The van der Waals surface area contributed by atoms with Crippen molar-refractivity contribution in [2.75, 3.05) is 5.75 Å². The van der Waals surface area contributed by atoms with E-state index in [9.17, 15) is 14.1 Å². The molecule has 0 bridgehead atoms. The van der Waals surface area contributed by atoms with Crippen LogP contribution in [0.5, 0.6) is 0 Å². The van der Waals surface area contributed by atoms with Gasteiger partial charge in [0.2, 0.25) is 0 Å². The molecule has 0 N–H and O–H groups in total. The number of carbonyl (C=O) groups excluding carboxylic acids is 1. The van der Waals surface area contributed by atoms with Crippen LogP contribution in [-0.2, 0) is 4.79 Å². The molecule has 0 fully saturated rings.